The first kappa shape index (κ1) is 13.9. The molecule has 0 amide bonds. The van der Waals surface area contributed by atoms with Crippen LogP contribution in [0.2, 0.25) is 0 Å². The lowest BCUT2D eigenvalue weighted by atomic mass is 10.1. The van der Waals surface area contributed by atoms with Crippen LogP contribution in [0.15, 0.2) is 65.3 Å². The van der Waals surface area contributed by atoms with Crippen molar-refractivity contribution >= 4 is 0 Å². The normalized spacial score (nSPS) is 10.5. The van der Waals surface area contributed by atoms with Crippen molar-refractivity contribution in [3.8, 4) is 40.2 Å². The van der Waals surface area contributed by atoms with Gasteiger partial charge in [0.05, 0.1) is 17.3 Å². The molecule has 0 aliphatic rings. The van der Waals surface area contributed by atoms with E-state index in [0.29, 0.717) is 17.3 Å². The Morgan fingerprint density at radius 2 is 1.79 bits per heavy atom. The number of nitriles is 1. The van der Waals surface area contributed by atoms with Crippen LogP contribution in [-0.2, 0) is 0 Å². The standard InChI is InChI=1S/C18H11N5O/c19-11-12-4-6-13(7-5-12)18-21-17(23-24-18)15-3-1-2-14(10-15)16-8-9-20-22-16/h1-10H,(H,20,22). The molecule has 2 aromatic carbocycles. The second-order valence-electron chi connectivity index (χ2n) is 5.16. The highest BCUT2D eigenvalue weighted by atomic mass is 16.5. The van der Waals surface area contributed by atoms with Crippen LogP contribution in [0, 0.1) is 11.3 Å². The van der Waals surface area contributed by atoms with Gasteiger partial charge in [-0.25, -0.2) is 0 Å². The molecule has 0 saturated carbocycles. The molecule has 6 nitrogen and oxygen atoms in total. The lowest BCUT2D eigenvalue weighted by Gasteiger charge is -1.99. The van der Waals surface area contributed by atoms with Gasteiger partial charge in [0.15, 0.2) is 0 Å². The van der Waals surface area contributed by atoms with E-state index in [1.807, 2.05) is 30.3 Å². The molecule has 0 saturated heterocycles. The van der Waals surface area contributed by atoms with Crippen LogP contribution in [0.1, 0.15) is 5.56 Å². The van der Waals surface area contributed by atoms with Crippen molar-refractivity contribution < 1.29 is 4.52 Å². The van der Waals surface area contributed by atoms with Crippen LogP contribution in [-0.4, -0.2) is 20.3 Å². The van der Waals surface area contributed by atoms with E-state index in [0.717, 1.165) is 22.4 Å². The Morgan fingerprint density at radius 3 is 2.54 bits per heavy atom. The lowest BCUT2D eigenvalue weighted by molar-refractivity contribution is 0.432. The van der Waals surface area contributed by atoms with E-state index in [-0.39, 0.29) is 0 Å². The summed E-state index contributed by atoms with van der Waals surface area (Å²) >= 11 is 0. The molecule has 24 heavy (non-hydrogen) atoms. The minimum Gasteiger partial charge on any atom is -0.334 e. The van der Waals surface area contributed by atoms with E-state index in [1.165, 1.54) is 0 Å². The van der Waals surface area contributed by atoms with Crippen molar-refractivity contribution in [1.82, 2.24) is 20.3 Å². The molecular weight excluding hydrogens is 302 g/mol. The zero-order valence-electron chi connectivity index (χ0n) is 12.5. The van der Waals surface area contributed by atoms with Crippen molar-refractivity contribution in [3.63, 3.8) is 0 Å². The number of rotatable bonds is 3. The minimum absolute atomic E-state index is 0.418. The first-order chi connectivity index (χ1) is 11.8. The molecule has 0 aliphatic heterocycles. The van der Waals surface area contributed by atoms with Crippen LogP contribution in [0.4, 0.5) is 0 Å². The summed E-state index contributed by atoms with van der Waals surface area (Å²) in [5, 5.41) is 19.8. The predicted molar refractivity (Wildman–Crippen MR) is 87.5 cm³/mol. The zero-order valence-corrected chi connectivity index (χ0v) is 12.5. The molecule has 0 aliphatic carbocycles. The van der Waals surface area contributed by atoms with E-state index >= 15 is 0 Å². The van der Waals surface area contributed by atoms with Gasteiger partial charge in [-0.15, -0.1) is 0 Å². The topological polar surface area (TPSA) is 91.4 Å². The SMILES string of the molecule is N#Cc1ccc(-c2nc(-c3cccc(-c4ccn[nH]4)c3)no2)cc1. The Kier molecular flexibility index (Phi) is 3.37. The molecule has 4 rings (SSSR count). The highest BCUT2D eigenvalue weighted by molar-refractivity contribution is 5.68. The van der Waals surface area contributed by atoms with Crippen molar-refractivity contribution in [1.29, 1.82) is 5.26 Å². The Morgan fingerprint density at radius 1 is 0.958 bits per heavy atom. The molecule has 0 fully saturated rings. The Bertz CT molecular complexity index is 1010. The quantitative estimate of drug-likeness (QED) is 0.623. The van der Waals surface area contributed by atoms with Crippen LogP contribution in [0.3, 0.4) is 0 Å². The van der Waals surface area contributed by atoms with Gasteiger partial charge >= 0.3 is 0 Å². The molecule has 6 heteroatoms. The number of aromatic amines is 1. The summed E-state index contributed by atoms with van der Waals surface area (Å²) in [7, 11) is 0. The number of benzene rings is 2. The highest BCUT2D eigenvalue weighted by Gasteiger charge is 2.11. The van der Waals surface area contributed by atoms with Gasteiger partial charge in [-0.2, -0.15) is 15.3 Å². The minimum atomic E-state index is 0.418. The Hall–Kier alpha value is -3.72. The number of hydrogen-bond donors (Lipinski definition) is 1. The van der Waals surface area contributed by atoms with Gasteiger partial charge in [0, 0.05) is 22.9 Å². The average molecular weight is 313 g/mol. The number of H-pyrrole nitrogens is 1. The summed E-state index contributed by atoms with van der Waals surface area (Å²) in [6, 6.07) is 18.8. The van der Waals surface area contributed by atoms with Gasteiger partial charge in [0.1, 0.15) is 0 Å². The van der Waals surface area contributed by atoms with E-state index in [4.69, 9.17) is 9.78 Å². The number of hydrogen-bond acceptors (Lipinski definition) is 5. The largest absolute Gasteiger partial charge is 0.334 e. The summed E-state index contributed by atoms with van der Waals surface area (Å²) in [6.45, 7) is 0. The van der Waals surface area contributed by atoms with E-state index in [9.17, 15) is 0 Å². The number of aromatic nitrogens is 4. The smallest absolute Gasteiger partial charge is 0.258 e. The highest BCUT2D eigenvalue weighted by Crippen LogP contribution is 2.25. The second-order valence-corrected chi connectivity index (χ2v) is 5.16. The first-order valence-corrected chi connectivity index (χ1v) is 7.28. The molecule has 114 valence electrons. The lowest BCUT2D eigenvalue weighted by Crippen LogP contribution is -1.84. The molecule has 1 N–H and O–H groups in total. The van der Waals surface area contributed by atoms with Crippen molar-refractivity contribution in [2.45, 2.75) is 0 Å². The molecule has 0 radical (unpaired) electrons. The Balaban J connectivity index is 1.67. The third kappa shape index (κ3) is 2.55. The molecule has 2 aromatic heterocycles. The summed E-state index contributed by atoms with van der Waals surface area (Å²) < 4.78 is 5.35. The summed E-state index contributed by atoms with van der Waals surface area (Å²) in [4.78, 5) is 4.44. The van der Waals surface area contributed by atoms with Crippen LogP contribution < -0.4 is 0 Å². The van der Waals surface area contributed by atoms with Crippen LogP contribution in [0.25, 0.3) is 34.1 Å². The van der Waals surface area contributed by atoms with Crippen molar-refractivity contribution in [3.05, 3.63) is 66.4 Å². The van der Waals surface area contributed by atoms with Gasteiger partial charge in [-0.1, -0.05) is 23.4 Å². The molecule has 0 unspecified atom stereocenters. The maximum atomic E-state index is 8.85. The fourth-order valence-corrected chi connectivity index (χ4v) is 2.39. The van der Waals surface area contributed by atoms with Gasteiger partial charge < -0.3 is 4.52 Å². The fourth-order valence-electron chi connectivity index (χ4n) is 2.39. The molecular formula is C18H11N5O. The monoisotopic (exact) mass is 313 g/mol. The van der Waals surface area contributed by atoms with Gasteiger partial charge in [0.2, 0.25) is 5.82 Å². The van der Waals surface area contributed by atoms with Gasteiger partial charge in [0.25, 0.3) is 5.89 Å². The van der Waals surface area contributed by atoms with Crippen LogP contribution >= 0.6 is 0 Å². The zero-order chi connectivity index (χ0) is 16.4. The molecule has 0 atom stereocenters. The molecule has 2 heterocycles. The summed E-state index contributed by atoms with van der Waals surface area (Å²) in [5.41, 5.74) is 4.14. The fraction of sp³-hybridized carbons (Fsp3) is 0. The van der Waals surface area contributed by atoms with E-state index < -0.39 is 0 Å². The van der Waals surface area contributed by atoms with E-state index in [2.05, 4.69) is 26.4 Å². The third-order valence-electron chi connectivity index (χ3n) is 3.62. The third-order valence-corrected chi connectivity index (χ3v) is 3.62. The van der Waals surface area contributed by atoms with Gasteiger partial charge in [-0.3, -0.25) is 5.10 Å². The number of nitrogens with one attached hydrogen (secondary N) is 1. The molecule has 0 bridgehead atoms. The van der Waals surface area contributed by atoms with Crippen molar-refractivity contribution in [2.24, 2.45) is 0 Å². The second kappa shape index (κ2) is 5.82. The van der Waals surface area contributed by atoms with Crippen LogP contribution in [0.5, 0.6) is 0 Å². The molecule has 4 aromatic rings. The summed E-state index contributed by atoms with van der Waals surface area (Å²) in [6.07, 6.45) is 1.71. The first-order valence-electron chi connectivity index (χ1n) is 7.28. The predicted octanol–water partition coefficient (Wildman–Crippen LogP) is 3.67. The summed E-state index contributed by atoms with van der Waals surface area (Å²) in [5.74, 6) is 0.928. The van der Waals surface area contributed by atoms with E-state index in [1.54, 1.807) is 30.5 Å². The average Bonchev–Trinajstić information content (AvgIpc) is 3.34. The maximum absolute atomic E-state index is 8.85. The number of nitrogens with zero attached hydrogens (tertiary/aromatic N) is 4. The van der Waals surface area contributed by atoms with Gasteiger partial charge in [-0.05, 0) is 36.4 Å². The van der Waals surface area contributed by atoms with Crippen molar-refractivity contribution in [2.75, 3.05) is 0 Å². The maximum Gasteiger partial charge on any atom is 0.258 e. The Labute approximate surface area is 137 Å². The molecule has 0 spiro atoms.